The van der Waals surface area contributed by atoms with Gasteiger partial charge in [-0.05, 0) is 56.9 Å². The van der Waals surface area contributed by atoms with Gasteiger partial charge in [-0.1, -0.05) is 0 Å². The molecule has 0 spiro atoms. The van der Waals surface area contributed by atoms with Crippen molar-refractivity contribution in [3.8, 4) is 0 Å². The second-order valence-corrected chi connectivity index (χ2v) is 8.35. The number of rotatable bonds is 7. The molecule has 128 valence electrons. The van der Waals surface area contributed by atoms with Crippen molar-refractivity contribution in [3.05, 3.63) is 29.8 Å². The fourth-order valence-corrected chi connectivity index (χ4v) is 3.59. The van der Waals surface area contributed by atoms with Gasteiger partial charge in [-0.2, -0.15) is 4.31 Å². The number of amides is 1. The highest BCUT2D eigenvalue weighted by Crippen LogP contribution is 2.31. The maximum Gasteiger partial charge on any atom is 0.251 e. The SMILES string of the molecule is CC(C)N(C)S(=O)(=O)c1ccc(C(=O)NCC(N)C2CC2)cc1. The first kappa shape index (κ1) is 17.9. The van der Waals surface area contributed by atoms with Crippen molar-refractivity contribution < 1.29 is 13.2 Å². The molecule has 7 heteroatoms. The van der Waals surface area contributed by atoms with E-state index in [1.54, 1.807) is 7.05 Å². The lowest BCUT2D eigenvalue weighted by molar-refractivity contribution is 0.0950. The van der Waals surface area contributed by atoms with Crippen molar-refractivity contribution in [2.24, 2.45) is 11.7 Å². The molecular formula is C16H25N3O3S. The third-order valence-electron chi connectivity index (χ3n) is 4.25. The van der Waals surface area contributed by atoms with Crippen LogP contribution >= 0.6 is 0 Å². The van der Waals surface area contributed by atoms with Gasteiger partial charge in [-0.25, -0.2) is 8.42 Å². The number of benzene rings is 1. The molecule has 0 aliphatic heterocycles. The van der Waals surface area contributed by atoms with E-state index in [1.165, 1.54) is 28.6 Å². The van der Waals surface area contributed by atoms with E-state index in [-0.39, 0.29) is 22.9 Å². The molecule has 0 heterocycles. The van der Waals surface area contributed by atoms with E-state index in [4.69, 9.17) is 5.73 Å². The highest BCUT2D eigenvalue weighted by molar-refractivity contribution is 7.89. The number of sulfonamides is 1. The van der Waals surface area contributed by atoms with E-state index in [0.29, 0.717) is 18.0 Å². The van der Waals surface area contributed by atoms with Crippen LogP contribution in [0.25, 0.3) is 0 Å². The quantitative estimate of drug-likeness (QED) is 0.780. The third-order valence-corrected chi connectivity index (χ3v) is 6.29. The lowest BCUT2D eigenvalue weighted by Crippen LogP contribution is -2.38. The Kier molecular flexibility index (Phi) is 5.44. The molecule has 1 aliphatic carbocycles. The summed E-state index contributed by atoms with van der Waals surface area (Å²) < 4.78 is 26.0. The lowest BCUT2D eigenvalue weighted by atomic mass is 10.2. The first-order chi connectivity index (χ1) is 10.7. The molecule has 1 saturated carbocycles. The molecular weight excluding hydrogens is 314 g/mol. The summed E-state index contributed by atoms with van der Waals surface area (Å²) in [6.45, 7) is 4.06. The summed E-state index contributed by atoms with van der Waals surface area (Å²) >= 11 is 0. The van der Waals surface area contributed by atoms with Crippen LogP contribution in [0.4, 0.5) is 0 Å². The number of carbonyl (C=O) groups excluding carboxylic acids is 1. The second-order valence-electron chi connectivity index (χ2n) is 6.35. The van der Waals surface area contributed by atoms with Crippen LogP contribution in [-0.2, 0) is 10.0 Å². The fraction of sp³-hybridized carbons (Fsp3) is 0.562. The van der Waals surface area contributed by atoms with Crippen LogP contribution in [0.2, 0.25) is 0 Å². The van der Waals surface area contributed by atoms with Crippen LogP contribution in [0.1, 0.15) is 37.0 Å². The fourth-order valence-electron chi connectivity index (χ4n) is 2.23. The number of carbonyl (C=O) groups is 1. The van der Waals surface area contributed by atoms with Crippen LogP contribution < -0.4 is 11.1 Å². The highest BCUT2D eigenvalue weighted by Gasteiger charge is 2.28. The number of hydrogen-bond donors (Lipinski definition) is 2. The molecule has 23 heavy (non-hydrogen) atoms. The Morgan fingerprint density at radius 2 is 1.87 bits per heavy atom. The Morgan fingerprint density at radius 3 is 2.35 bits per heavy atom. The van der Waals surface area contributed by atoms with E-state index in [0.717, 1.165) is 12.8 Å². The number of hydrogen-bond acceptors (Lipinski definition) is 4. The normalized spacial score (nSPS) is 16.6. The summed E-state index contributed by atoms with van der Waals surface area (Å²) in [5.41, 5.74) is 6.38. The topological polar surface area (TPSA) is 92.5 Å². The summed E-state index contributed by atoms with van der Waals surface area (Å²) in [7, 11) is -1.99. The van der Waals surface area contributed by atoms with Gasteiger partial charge in [0.15, 0.2) is 0 Å². The van der Waals surface area contributed by atoms with Gasteiger partial charge in [0.05, 0.1) is 4.90 Å². The Balaban J connectivity index is 2.02. The summed E-state index contributed by atoms with van der Waals surface area (Å²) in [5.74, 6) is 0.289. The first-order valence-corrected chi connectivity index (χ1v) is 9.29. The minimum Gasteiger partial charge on any atom is -0.350 e. The molecule has 1 aliphatic rings. The molecule has 1 fully saturated rings. The highest BCUT2D eigenvalue weighted by atomic mass is 32.2. The Bertz CT molecular complexity index is 652. The Labute approximate surface area is 138 Å². The minimum absolute atomic E-state index is 0.00158. The molecule has 2 rings (SSSR count). The van der Waals surface area contributed by atoms with Crippen LogP contribution in [-0.4, -0.2) is 44.3 Å². The van der Waals surface area contributed by atoms with Gasteiger partial charge in [0.25, 0.3) is 5.91 Å². The number of nitrogens with one attached hydrogen (secondary N) is 1. The molecule has 0 aromatic heterocycles. The van der Waals surface area contributed by atoms with Crippen molar-refractivity contribution in [2.45, 2.75) is 43.7 Å². The van der Waals surface area contributed by atoms with Crippen molar-refractivity contribution in [1.29, 1.82) is 0 Å². The van der Waals surface area contributed by atoms with Crippen molar-refractivity contribution in [2.75, 3.05) is 13.6 Å². The van der Waals surface area contributed by atoms with E-state index in [2.05, 4.69) is 5.32 Å². The minimum atomic E-state index is -3.53. The average Bonchev–Trinajstić information content (AvgIpc) is 3.36. The van der Waals surface area contributed by atoms with Crippen LogP contribution in [0.3, 0.4) is 0 Å². The molecule has 0 saturated heterocycles. The summed E-state index contributed by atoms with van der Waals surface area (Å²) in [5, 5.41) is 2.80. The molecule has 1 unspecified atom stereocenters. The van der Waals surface area contributed by atoms with E-state index < -0.39 is 10.0 Å². The molecule has 1 aromatic rings. The summed E-state index contributed by atoms with van der Waals surface area (Å²) in [6.07, 6.45) is 2.26. The molecule has 1 aromatic carbocycles. The maximum atomic E-state index is 12.4. The second kappa shape index (κ2) is 6.98. The zero-order chi connectivity index (χ0) is 17.2. The van der Waals surface area contributed by atoms with Gasteiger partial charge in [0, 0.05) is 31.2 Å². The van der Waals surface area contributed by atoms with Gasteiger partial charge < -0.3 is 11.1 Å². The maximum absolute atomic E-state index is 12.4. The van der Waals surface area contributed by atoms with E-state index in [9.17, 15) is 13.2 Å². The Morgan fingerprint density at radius 1 is 1.30 bits per heavy atom. The average molecular weight is 339 g/mol. The van der Waals surface area contributed by atoms with E-state index >= 15 is 0 Å². The van der Waals surface area contributed by atoms with Crippen molar-refractivity contribution >= 4 is 15.9 Å². The molecule has 3 N–H and O–H groups in total. The zero-order valence-electron chi connectivity index (χ0n) is 13.8. The van der Waals surface area contributed by atoms with Crippen molar-refractivity contribution in [3.63, 3.8) is 0 Å². The Hall–Kier alpha value is -1.44. The molecule has 0 radical (unpaired) electrons. The monoisotopic (exact) mass is 339 g/mol. The van der Waals surface area contributed by atoms with Crippen LogP contribution in [0.5, 0.6) is 0 Å². The standard InChI is InChI=1S/C16H25N3O3S/c1-11(2)19(3)23(21,22)14-8-6-13(7-9-14)16(20)18-10-15(17)12-4-5-12/h6-9,11-12,15H,4-5,10,17H2,1-3H3,(H,18,20). The number of nitrogens with two attached hydrogens (primary N) is 1. The zero-order valence-corrected chi connectivity index (χ0v) is 14.6. The molecule has 0 bridgehead atoms. The first-order valence-electron chi connectivity index (χ1n) is 7.85. The van der Waals surface area contributed by atoms with Gasteiger partial charge in [0.2, 0.25) is 10.0 Å². The molecule has 6 nitrogen and oxygen atoms in total. The summed E-state index contributed by atoms with van der Waals surface area (Å²) in [6, 6.07) is 5.84. The predicted octanol–water partition coefficient (Wildman–Crippen LogP) is 1.18. The van der Waals surface area contributed by atoms with Gasteiger partial charge in [-0.3, -0.25) is 4.79 Å². The smallest absolute Gasteiger partial charge is 0.251 e. The summed E-state index contributed by atoms with van der Waals surface area (Å²) in [4.78, 5) is 12.2. The van der Waals surface area contributed by atoms with Gasteiger partial charge in [0.1, 0.15) is 0 Å². The van der Waals surface area contributed by atoms with Crippen molar-refractivity contribution in [1.82, 2.24) is 9.62 Å². The lowest BCUT2D eigenvalue weighted by Gasteiger charge is -2.21. The molecule has 1 atom stereocenters. The number of nitrogens with zero attached hydrogens (tertiary/aromatic N) is 1. The van der Waals surface area contributed by atoms with Crippen LogP contribution in [0, 0.1) is 5.92 Å². The van der Waals surface area contributed by atoms with Crippen LogP contribution in [0.15, 0.2) is 29.2 Å². The third kappa shape index (κ3) is 4.31. The van der Waals surface area contributed by atoms with Gasteiger partial charge in [-0.15, -0.1) is 0 Å². The van der Waals surface area contributed by atoms with E-state index in [1.807, 2.05) is 13.8 Å². The van der Waals surface area contributed by atoms with Gasteiger partial charge >= 0.3 is 0 Å². The predicted molar refractivity (Wildman–Crippen MR) is 89.6 cm³/mol. The largest absolute Gasteiger partial charge is 0.350 e. The molecule has 1 amide bonds.